The number of anilines is 1. The molecule has 136 valence electrons. The van der Waals surface area contributed by atoms with E-state index in [1.165, 1.54) is 12.1 Å². The summed E-state index contributed by atoms with van der Waals surface area (Å²) in [6.45, 7) is 1.91. The molecule has 0 aliphatic rings. The third-order valence-electron chi connectivity index (χ3n) is 3.23. The fourth-order valence-electron chi connectivity index (χ4n) is 2.01. The number of nitro benzene ring substituents is 1. The molecule has 0 spiro atoms. The molecule has 0 bridgehead atoms. The number of hydrogen-bond acceptors (Lipinski definition) is 6. The van der Waals surface area contributed by atoms with Crippen LogP contribution in [0.1, 0.15) is 11.1 Å². The summed E-state index contributed by atoms with van der Waals surface area (Å²) in [5.74, 6) is -0.607. The number of nitrogens with zero attached hydrogens (tertiary/aromatic N) is 2. The Bertz CT molecular complexity index is 864. The summed E-state index contributed by atoms with van der Waals surface area (Å²) >= 11 is 6.84. The lowest BCUT2D eigenvalue weighted by molar-refractivity contribution is -0.384. The zero-order chi connectivity index (χ0) is 19.3. The largest absolute Gasteiger partial charge is 0.507 e. The number of hydrazone groups is 1. The van der Waals surface area contributed by atoms with Crippen molar-refractivity contribution in [2.75, 3.05) is 11.9 Å². The van der Waals surface area contributed by atoms with Crippen LogP contribution in [0.3, 0.4) is 0 Å². The number of amides is 1. The molecule has 2 aromatic rings. The van der Waals surface area contributed by atoms with Crippen molar-refractivity contribution in [3.05, 3.63) is 60.5 Å². The first kappa shape index (κ1) is 19.9. The number of rotatable bonds is 6. The summed E-state index contributed by atoms with van der Waals surface area (Å²) in [5, 5.41) is 27.1. The molecule has 1 amide bonds. The molecular weight excluding hydrogens is 472 g/mol. The maximum absolute atomic E-state index is 11.9. The predicted molar refractivity (Wildman–Crippen MR) is 106 cm³/mol. The van der Waals surface area contributed by atoms with Crippen LogP contribution in [0.2, 0.25) is 0 Å². The first-order valence-electron chi connectivity index (χ1n) is 7.26. The van der Waals surface area contributed by atoms with Crippen molar-refractivity contribution < 1.29 is 14.8 Å². The number of aryl methyl sites for hydroxylation is 1. The molecule has 0 radical (unpaired) electrons. The first-order chi connectivity index (χ1) is 12.3. The monoisotopic (exact) mass is 484 g/mol. The van der Waals surface area contributed by atoms with Gasteiger partial charge in [-0.15, -0.1) is 0 Å². The van der Waals surface area contributed by atoms with Gasteiger partial charge in [-0.2, -0.15) is 5.10 Å². The average molecular weight is 486 g/mol. The molecule has 0 aliphatic heterocycles. The Kier molecular flexibility index (Phi) is 6.70. The predicted octanol–water partition coefficient (Wildman–Crippen LogP) is 3.70. The Morgan fingerprint density at radius 2 is 1.96 bits per heavy atom. The van der Waals surface area contributed by atoms with Crippen molar-refractivity contribution >= 4 is 55.4 Å². The second-order valence-corrected chi connectivity index (χ2v) is 6.96. The molecule has 0 heterocycles. The van der Waals surface area contributed by atoms with Gasteiger partial charge in [-0.25, -0.2) is 5.43 Å². The summed E-state index contributed by atoms with van der Waals surface area (Å²) in [4.78, 5) is 22.0. The molecule has 8 nitrogen and oxygen atoms in total. The van der Waals surface area contributed by atoms with Crippen molar-refractivity contribution in [3.8, 4) is 5.75 Å². The SMILES string of the molecule is Cc1cc(Br)c(NCC(=O)NN=Cc2cc([N+](=O)[O-])ccc2O)c(Br)c1. The lowest BCUT2D eigenvalue weighted by Gasteiger charge is -2.11. The van der Waals surface area contributed by atoms with Crippen LogP contribution in [-0.4, -0.2) is 28.7 Å². The summed E-state index contributed by atoms with van der Waals surface area (Å²) in [6, 6.07) is 7.34. The Morgan fingerprint density at radius 1 is 1.31 bits per heavy atom. The van der Waals surface area contributed by atoms with Crippen LogP contribution in [0.5, 0.6) is 5.75 Å². The highest BCUT2D eigenvalue weighted by molar-refractivity contribution is 9.11. The molecule has 10 heteroatoms. The zero-order valence-corrected chi connectivity index (χ0v) is 16.7. The third kappa shape index (κ3) is 5.27. The fourth-order valence-corrected chi connectivity index (χ4v) is 3.71. The molecule has 0 fully saturated rings. The molecule has 2 aromatic carbocycles. The smallest absolute Gasteiger partial charge is 0.270 e. The first-order valence-corrected chi connectivity index (χ1v) is 8.85. The second-order valence-electron chi connectivity index (χ2n) is 5.25. The van der Waals surface area contributed by atoms with Gasteiger partial charge >= 0.3 is 0 Å². The number of carbonyl (C=O) groups is 1. The van der Waals surface area contributed by atoms with Crippen LogP contribution in [0.15, 0.2) is 44.4 Å². The van der Waals surface area contributed by atoms with Gasteiger partial charge in [-0.3, -0.25) is 14.9 Å². The Balaban J connectivity index is 1.96. The summed E-state index contributed by atoms with van der Waals surface area (Å²) < 4.78 is 1.62. The molecule has 0 saturated carbocycles. The van der Waals surface area contributed by atoms with E-state index in [0.717, 1.165) is 32.5 Å². The topological polar surface area (TPSA) is 117 Å². The number of carbonyl (C=O) groups excluding carboxylic acids is 1. The molecule has 0 atom stereocenters. The van der Waals surface area contributed by atoms with Gasteiger partial charge in [0.25, 0.3) is 11.6 Å². The fraction of sp³-hybridized carbons (Fsp3) is 0.125. The molecule has 0 aromatic heterocycles. The highest BCUT2D eigenvalue weighted by Crippen LogP contribution is 2.32. The van der Waals surface area contributed by atoms with Gasteiger partial charge < -0.3 is 10.4 Å². The Morgan fingerprint density at radius 3 is 2.58 bits per heavy atom. The van der Waals surface area contributed by atoms with E-state index in [1.807, 2.05) is 19.1 Å². The molecular formula is C16H14Br2N4O4. The Hall–Kier alpha value is -2.46. The van der Waals surface area contributed by atoms with Crippen LogP contribution in [-0.2, 0) is 4.79 Å². The van der Waals surface area contributed by atoms with E-state index in [4.69, 9.17) is 0 Å². The highest BCUT2D eigenvalue weighted by Gasteiger charge is 2.10. The van der Waals surface area contributed by atoms with Gasteiger partial charge in [0, 0.05) is 26.6 Å². The number of phenols is 1. The van der Waals surface area contributed by atoms with Gasteiger partial charge in [-0.05, 0) is 62.5 Å². The minimum absolute atomic E-state index is 0.0431. The summed E-state index contributed by atoms with van der Waals surface area (Å²) in [6.07, 6.45) is 1.14. The molecule has 3 N–H and O–H groups in total. The number of halogens is 2. The van der Waals surface area contributed by atoms with Gasteiger partial charge in [0.1, 0.15) is 5.75 Å². The van der Waals surface area contributed by atoms with Crippen molar-refractivity contribution in [1.82, 2.24) is 5.43 Å². The van der Waals surface area contributed by atoms with Crippen molar-refractivity contribution in [1.29, 1.82) is 0 Å². The summed E-state index contributed by atoms with van der Waals surface area (Å²) in [5.41, 5.74) is 4.00. The van der Waals surface area contributed by atoms with Crippen LogP contribution >= 0.6 is 31.9 Å². The van der Waals surface area contributed by atoms with E-state index in [2.05, 4.69) is 47.7 Å². The van der Waals surface area contributed by atoms with Crippen molar-refractivity contribution in [2.45, 2.75) is 6.92 Å². The Labute approximate surface area is 165 Å². The average Bonchev–Trinajstić information content (AvgIpc) is 2.55. The molecule has 0 aliphatic carbocycles. The van der Waals surface area contributed by atoms with E-state index < -0.39 is 10.8 Å². The number of phenolic OH excluding ortho intramolecular Hbond substituents is 1. The summed E-state index contributed by atoms with van der Waals surface area (Å²) in [7, 11) is 0. The van der Waals surface area contributed by atoms with Gasteiger partial charge in [0.15, 0.2) is 0 Å². The van der Waals surface area contributed by atoms with Crippen LogP contribution in [0, 0.1) is 17.0 Å². The maximum Gasteiger partial charge on any atom is 0.270 e. The number of nitro groups is 1. The maximum atomic E-state index is 11.9. The van der Waals surface area contributed by atoms with E-state index in [0.29, 0.717) is 0 Å². The lowest BCUT2D eigenvalue weighted by Crippen LogP contribution is -2.26. The molecule has 0 unspecified atom stereocenters. The van der Waals surface area contributed by atoms with Crippen LogP contribution < -0.4 is 10.7 Å². The van der Waals surface area contributed by atoms with Crippen molar-refractivity contribution in [3.63, 3.8) is 0 Å². The van der Waals surface area contributed by atoms with E-state index in [-0.39, 0.29) is 23.5 Å². The highest BCUT2D eigenvalue weighted by atomic mass is 79.9. The number of aromatic hydroxyl groups is 1. The number of benzene rings is 2. The van der Waals surface area contributed by atoms with E-state index in [9.17, 15) is 20.0 Å². The molecule has 26 heavy (non-hydrogen) atoms. The second kappa shape index (κ2) is 8.77. The number of nitrogens with one attached hydrogen (secondary N) is 2. The van der Waals surface area contributed by atoms with Gasteiger partial charge in [0.05, 0.1) is 23.4 Å². The normalized spacial score (nSPS) is 10.7. The minimum Gasteiger partial charge on any atom is -0.507 e. The van der Waals surface area contributed by atoms with E-state index in [1.54, 1.807) is 0 Å². The number of non-ortho nitro benzene ring substituents is 1. The van der Waals surface area contributed by atoms with E-state index >= 15 is 0 Å². The zero-order valence-electron chi connectivity index (χ0n) is 13.5. The quantitative estimate of drug-likeness (QED) is 0.327. The molecule has 2 rings (SSSR count). The lowest BCUT2D eigenvalue weighted by atomic mass is 10.2. The third-order valence-corrected chi connectivity index (χ3v) is 4.48. The number of hydrogen-bond donors (Lipinski definition) is 3. The van der Waals surface area contributed by atoms with Crippen molar-refractivity contribution in [2.24, 2.45) is 5.10 Å². The standard InChI is InChI=1S/C16H14Br2N4O4/c1-9-4-12(17)16(13(18)5-9)19-8-15(24)21-20-7-10-6-11(22(25)26)2-3-14(10)23/h2-7,19,23H,8H2,1H3,(H,21,24). The van der Waals surface area contributed by atoms with Gasteiger partial charge in [-0.1, -0.05) is 0 Å². The van der Waals surface area contributed by atoms with Crippen LogP contribution in [0.4, 0.5) is 11.4 Å². The molecule has 0 saturated heterocycles. The minimum atomic E-state index is -0.587. The van der Waals surface area contributed by atoms with Gasteiger partial charge in [0.2, 0.25) is 0 Å². The van der Waals surface area contributed by atoms with Crippen LogP contribution in [0.25, 0.3) is 0 Å².